The number of ether oxygens (including phenoxy) is 1. The van der Waals surface area contributed by atoms with E-state index in [2.05, 4.69) is 4.98 Å². The molecule has 0 aliphatic carbocycles. The Hall–Kier alpha value is -1.62. The maximum Gasteiger partial charge on any atom is 0.254 e. The number of aromatic nitrogens is 1. The molecule has 1 saturated heterocycles. The molecule has 0 aromatic carbocycles. The highest BCUT2D eigenvalue weighted by Gasteiger charge is 2.26. The molecule has 1 unspecified atom stereocenters. The van der Waals surface area contributed by atoms with Gasteiger partial charge in [0.25, 0.3) is 5.91 Å². The molecular formula is C12H16N2O3. The lowest BCUT2D eigenvalue weighted by molar-refractivity contribution is 0.0781. The Morgan fingerprint density at radius 2 is 2.53 bits per heavy atom. The van der Waals surface area contributed by atoms with Gasteiger partial charge in [0.1, 0.15) is 0 Å². The van der Waals surface area contributed by atoms with Crippen LogP contribution < -0.4 is 4.74 Å². The molecule has 5 nitrogen and oxygen atoms in total. The number of methoxy groups -OCH3 is 1. The molecule has 17 heavy (non-hydrogen) atoms. The fourth-order valence-corrected chi connectivity index (χ4v) is 2.00. The third kappa shape index (κ3) is 2.55. The Labute approximate surface area is 100 Å². The van der Waals surface area contributed by atoms with Gasteiger partial charge < -0.3 is 14.7 Å². The maximum absolute atomic E-state index is 12.1. The van der Waals surface area contributed by atoms with E-state index >= 15 is 0 Å². The molecule has 1 atom stereocenters. The minimum absolute atomic E-state index is 0.0262. The van der Waals surface area contributed by atoms with Crippen LogP contribution >= 0.6 is 0 Å². The summed E-state index contributed by atoms with van der Waals surface area (Å²) < 4.78 is 4.99. The predicted octanol–water partition coefficient (Wildman–Crippen LogP) is 0.545. The van der Waals surface area contributed by atoms with Gasteiger partial charge in [-0.05, 0) is 12.5 Å². The van der Waals surface area contributed by atoms with Gasteiger partial charge in [-0.2, -0.15) is 0 Å². The van der Waals surface area contributed by atoms with Crippen LogP contribution in [-0.2, 0) is 0 Å². The van der Waals surface area contributed by atoms with Crippen molar-refractivity contribution in [1.82, 2.24) is 9.88 Å². The molecule has 1 aromatic heterocycles. The summed E-state index contributed by atoms with van der Waals surface area (Å²) in [7, 11) is 1.52. The van der Waals surface area contributed by atoms with Gasteiger partial charge in [-0.15, -0.1) is 0 Å². The van der Waals surface area contributed by atoms with Gasteiger partial charge in [0.2, 0.25) is 5.88 Å². The number of aliphatic hydroxyl groups excluding tert-OH is 1. The fourth-order valence-electron chi connectivity index (χ4n) is 2.00. The average molecular weight is 236 g/mol. The van der Waals surface area contributed by atoms with E-state index in [1.165, 1.54) is 7.11 Å². The highest BCUT2D eigenvalue weighted by Crippen LogP contribution is 2.19. The van der Waals surface area contributed by atoms with Gasteiger partial charge in [-0.25, -0.2) is 4.98 Å². The van der Waals surface area contributed by atoms with Gasteiger partial charge in [0.05, 0.1) is 7.11 Å². The summed E-state index contributed by atoms with van der Waals surface area (Å²) in [6.45, 7) is 1.47. The van der Waals surface area contributed by atoms with Crippen molar-refractivity contribution in [3.8, 4) is 5.88 Å². The number of rotatable bonds is 3. The van der Waals surface area contributed by atoms with Crippen molar-refractivity contribution in [3.63, 3.8) is 0 Å². The summed E-state index contributed by atoms with van der Waals surface area (Å²) in [5.41, 5.74) is 0.579. The second kappa shape index (κ2) is 5.14. The zero-order chi connectivity index (χ0) is 12.3. The summed E-state index contributed by atoms with van der Waals surface area (Å²) in [6.07, 6.45) is 2.43. The van der Waals surface area contributed by atoms with Crippen LogP contribution in [0, 0.1) is 5.92 Å². The van der Waals surface area contributed by atoms with Crippen molar-refractivity contribution in [2.24, 2.45) is 5.92 Å². The van der Waals surface area contributed by atoms with Gasteiger partial charge in [-0.3, -0.25) is 4.79 Å². The average Bonchev–Trinajstić information content (AvgIpc) is 2.86. The molecule has 0 spiro atoms. The number of hydrogen-bond acceptors (Lipinski definition) is 4. The molecule has 1 amide bonds. The molecular weight excluding hydrogens is 220 g/mol. The quantitative estimate of drug-likeness (QED) is 0.832. The van der Waals surface area contributed by atoms with Crippen molar-refractivity contribution in [3.05, 3.63) is 23.9 Å². The van der Waals surface area contributed by atoms with E-state index in [1.807, 2.05) is 0 Å². The van der Waals surface area contributed by atoms with Crippen molar-refractivity contribution in [2.75, 3.05) is 26.8 Å². The highest BCUT2D eigenvalue weighted by molar-refractivity contribution is 5.94. The van der Waals surface area contributed by atoms with Gasteiger partial charge in [0, 0.05) is 43.4 Å². The molecule has 0 bridgehead atoms. The number of carbonyl (C=O) groups excluding carboxylic acids is 1. The van der Waals surface area contributed by atoms with Crippen molar-refractivity contribution < 1.29 is 14.6 Å². The normalized spacial score (nSPS) is 19.4. The maximum atomic E-state index is 12.1. The van der Waals surface area contributed by atoms with Crippen LogP contribution in [-0.4, -0.2) is 47.7 Å². The minimum atomic E-state index is -0.0262. The van der Waals surface area contributed by atoms with Crippen LogP contribution in [0.4, 0.5) is 0 Å². The third-order valence-electron chi connectivity index (χ3n) is 3.02. The van der Waals surface area contributed by atoms with Crippen LogP contribution in [0.5, 0.6) is 5.88 Å². The van der Waals surface area contributed by atoms with E-state index < -0.39 is 0 Å². The van der Waals surface area contributed by atoms with Crippen LogP contribution in [0.15, 0.2) is 18.3 Å². The number of pyridine rings is 1. The fraction of sp³-hybridized carbons (Fsp3) is 0.500. The second-order valence-electron chi connectivity index (χ2n) is 4.18. The molecule has 2 rings (SSSR count). The topological polar surface area (TPSA) is 62.7 Å². The second-order valence-corrected chi connectivity index (χ2v) is 4.18. The van der Waals surface area contributed by atoms with Gasteiger partial charge >= 0.3 is 0 Å². The first kappa shape index (κ1) is 11.9. The Kier molecular flexibility index (Phi) is 3.58. The smallest absolute Gasteiger partial charge is 0.254 e. The Balaban J connectivity index is 2.09. The SMILES string of the molecule is COc1cc(C(=O)N2CCC(CO)C2)ccn1. The minimum Gasteiger partial charge on any atom is -0.481 e. The van der Waals surface area contributed by atoms with E-state index in [0.717, 1.165) is 6.42 Å². The molecule has 1 aliphatic heterocycles. The predicted molar refractivity (Wildman–Crippen MR) is 61.9 cm³/mol. The van der Waals surface area contributed by atoms with Gasteiger partial charge in [-0.1, -0.05) is 0 Å². The summed E-state index contributed by atoms with van der Waals surface area (Å²) in [4.78, 5) is 17.9. The van der Waals surface area contributed by atoms with E-state index in [9.17, 15) is 4.79 Å². The number of likely N-dealkylation sites (tertiary alicyclic amines) is 1. The molecule has 92 valence electrons. The van der Waals surface area contributed by atoms with Crippen molar-refractivity contribution in [2.45, 2.75) is 6.42 Å². The highest BCUT2D eigenvalue weighted by atomic mass is 16.5. The van der Waals surface area contributed by atoms with Crippen LogP contribution in [0.3, 0.4) is 0 Å². The zero-order valence-corrected chi connectivity index (χ0v) is 9.80. The monoisotopic (exact) mass is 236 g/mol. The molecule has 5 heteroatoms. The van der Waals surface area contributed by atoms with Crippen molar-refractivity contribution >= 4 is 5.91 Å². The summed E-state index contributed by atoms with van der Waals surface area (Å²) in [5, 5.41) is 9.05. The standard InChI is InChI=1S/C12H16N2O3/c1-17-11-6-10(2-4-13-11)12(16)14-5-3-9(7-14)8-15/h2,4,6,9,15H,3,5,7-8H2,1H3. The molecule has 1 aromatic rings. The Bertz CT molecular complexity index is 408. The first-order valence-electron chi connectivity index (χ1n) is 5.64. The lowest BCUT2D eigenvalue weighted by atomic mass is 10.1. The number of carbonyl (C=O) groups is 1. The zero-order valence-electron chi connectivity index (χ0n) is 9.80. The molecule has 1 N–H and O–H groups in total. The summed E-state index contributed by atoms with van der Waals surface area (Å²) >= 11 is 0. The van der Waals surface area contributed by atoms with E-state index in [4.69, 9.17) is 9.84 Å². The Morgan fingerprint density at radius 1 is 1.71 bits per heavy atom. The Morgan fingerprint density at radius 3 is 3.18 bits per heavy atom. The number of amides is 1. The molecule has 1 aliphatic rings. The third-order valence-corrected chi connectivity index (χ3v) is 3.02. The van der Waals surface area contributed by atoms with Crippen LogP contribution in [0.25, 0.3) is 0 Å². The first-order valence-corrected chi connectivity index (χ1v) is 5.64. The van der Waals surface area contributed by atoms with Gasteiger partial charge in [0.15, 0.2) is 0 Å². The number of hydrogen-bond donors (Lipinski definition) is 1. The summed E-state index contributed by atoms with van der Waals surface area (Å²) in [5.74, 6) is 0.623. The molecule has 1 fully saturated rings. The summed E-state index contributed by atoms with van der Waals surface area (Å²) in [6, 6.07) is 3.31. The van der Waals surface area contributed by atoms with Crippen molar-refractivity contribution in [1.29, 1.82) is 0 Å². The molecule has 0 radical (unpaired) electrons. The van der Waals surface area contributed by atoms with E-state index in [-0.39, 0.29) is 18.4 Å². The van der Waals surface area contributed by atoms with E-state index in [1.54, 1.807) is 23.2 Å². The largest absolute Gasteiger partial charge is 0.481 e. The lowest BCUT2D eigenvalue weighted by Crippen LogP contribution is -2.29. The van der Waals surface area contributed by atoms with E-state index in [0.29, 0.717) is 24.5 Å². The first-order chi connectivity index (χ1) is 8.24. The van der Waals surface area contributed by atoms with Crippen LogP contribution in [0.1, 0.15) is 16.8 Å². The molecule has 2 heterocycles. The molecule has 0 saturated carbocycles. The number of aliphatic hydroxyl groups is 1. The lowest BCUT2D eigenvalue weighted by Gasteiger charge is -2.16. The number of nitrogens with zero attached hydrogens (tertiary/aromatic N) is 2. The van der Waals surface area contributed by atoms with Crippen LogP contribution in [0.2, 0.25) is 0 Å².